The fourth-order valence-electron chi connectivity index (χ4n) is 2.18. The molecule has 0 aromatic carbocycles. The third-order valence-electron chi connectivity index (χ3n) is 3.21. The molecule has 0 aromatic heterocycles. The zero-order valence-corrected chi connectivity index (χ0v) is 12.5. The SMILES string of the molecule is CN(C(=O)CCC(=O)OC(C)(C)C)C1CCNCC1. The number of rotatable bonds is 4. The summed E-state index contributed by atoms with van der Waals surface area (Å²) in [7, 11) is 1.83. The van der Waals surface area contributed by atoms with Crippen molar-refractivity contribution in [2.24, 2.45) is 0 Å². The summed E-state index contributed by atoms with van der Waals surface area (Å²) in [5, 5.41) is 3.27. The predicted octanol–water partition coefficient (Wildman–Crippen LogP) is 1.32. The summed E-state index contributed by atoms with van der Waals surface area (Å²) in [6.07, 6.45) is 2.35. The van der Waals surface area contributed by atoms with Gasteiger partial charge in [0.05, 0.1) is 6.42 Å². The van der Waals surface area contributed by atoms with Crippen LogP contribution in [0, 0.1) is 0 Å². The van der Waals surface area contributed by atoms with Crippen LogP contribution in [0.2, 0.25) is 0 Å². The highest BCUT2D eigenvalue weighted by atomic mass is 16.6. The number of carbonyl (C=O) groups is 2. The zero-order valence-electron chi connectivity index (χ0n) is 12.5. The first-order valence-corrected chi connectivity index (χ1v) is 6.98. The van der Waals surface area contributed by atoms with Crippen LogP contribution in [0.5, 0.6) is 0 Å². The van der Waals surface area contributed by atoms with E-state index in [-0.39, 0.29) is 24.7 Å². The summed E-state index contributed by atoms with van der Waals surface area (Å²) >= 11 is 0. The van der Waals surface area contributed by atoms with Gasteiger partial charge in [-0.25, -0.2) is 0 Å². The molecule has 1 N–H and O–H groups in total. The van der Waals surface area contributed by atoms with Crippen LogP contribution in [0.25, 0.3) is 0 Å². The van der Waals surface area contributed by atoms with Gasteiger partial charge in [-0.05, 0) is 46.7 Å². The maximum atomic E-state index is 12.0. The Balaban J connectivity index is 2.32. The van der Waals surface area contributed by atoms with E-state index in [0.29, 0.717) is 6.04 Å². The van der Waals surface area contributed by atoms with E-state index in [1.807, 2.05) is 27.8 Å². The van der Waals surface area contributed by atoms with Gasteiger partial charge in [0.15, 0.2) is 0 Å². The van der Waals surface area contributed by atoms with E-state index < -0.39 is 5.60 Å². The Morgan fingerprint density at radius 3 is 2.32 bits per heavy atom. The highest BCUT2D eigenvalue weighted by molar-refractivity contribution is 5.81. The summed E-state index contributed by atoms with van der Waals surface area (Å²) in [6.45, 7) is 7.39. The average Bonchev–Trinajstić information content (AvgIpc) is 2.34. The van der Waals surface area contributed by atoms with E-state index in [2.05, 4.69) is 5.32 Å². The molecule has 1 fully saturated rings. The summed E-state index contributed by atoms with van der Waals surface area (Å²) in [6, 6.07) is 0.299. The van der Waals surface area contributed by atoms with Crippen LogP contribution in [0.15, 0.2) is 0 Å². The number of piperidine rings is 1. The van der Waals surface area contributed by atoms with Crippen molar-refractivity contribution >= 4 is 11.9 Å². The van der Waals surface area contributed by atoms with Crippen LogP contribution in [-0.4, -0.2) is 48.6 Å². The molecule has 1 rings (SSSR count). The minimum Gasteiger partial charge on any atom is -0.460 e. The highest BCUT2D eigenvalue weighted by Gasteiger charge is 2.23. The third-order valence-corrected chi connectivity index (χ3v) is 3.21. The molecule has 0 atom stereocenters. The number of ether oxygens (including phenoxy) is 1. The summed E-state index contributed by atoms with van der Waals surface area (Å²) in [4.78, 5) is 25.4. The summed E-state index contributed by atoms with van der Waals surface area (Å²) in [5.41, 5.74) is -0.485. The Labute approximate surface area is 115 Å². The van der Waals surface area contributed by atoms with Gasteiger partial charge in [0.2, 0.25) is 5.91 Å². The topological polar surface area (TPSA) is 58.6 Å². The summed E-state index contributed by atoms with van der Waals surface area (Å²) < 4.78 is 5.19. The average molecular weight is 270 g/mol. The molecule has 1 aliphatic rings. The Kier molecular flexibility index (Phi) is 5.79. The second-order valence-corrected chi connectivity index (χ2v) is 6.07. The number of amides is 1. The number of hydrogen-bond donors (Lipinski definition) is 1. The molecular weight excluding hydrogens is 244 g/mol. The lowest BCUT2D eigenvalue weighted by Crippen LogP contribution is -2.44. The normalized spacial score (nSPS) is 17.1. The molecule has 0 unspecified atom stereocenters. The first kappa shape index (κ1) is 16.0. The number of nitrogens with one attached hydrogen (secondary N) is 1. The summed E-state index contributed by atoms with van der Waals surface area (Å²) in [5.74, 6) is -0.280. The molecule has 0 radical (unpaired) electrons. The largest absolute Gasteiger partial charge is 0.460 e. The molecule has 0 bridgehead atoms. The van der Waals surface area contributed by atoms with Crippen LogP contribution in [0.4, 0.5) is 0 Å². The van der Waals surface area contributed by atoms with Gasteiger partial charge in [-0.3, -0.25) is 9.59 Å². The maximum Gasteiger partial charge on any atom is 0.306 e. The van der Waals surface area contributed by atoms with Gasteiger partial charge in [0.25, 0.3) is 0 Å². The van der Waals surface area contributed by atoms with Gasteiger partial charge in [0, 0.05) is 19.5 Å². The quantitative estimate of drug-likeness (QED) is 0.783. The molecule has 5 nitrogen and oxygen atoms in total. The molecule has 5 heteroatoms. The van der Waals surface area contributed by atoms with Crippen molar-refractivity contribution in [1.29, 1.82) is 0 Å². The second-order valence-electron chi connectivity index (χ2n) is 6.07. The lowest BCUT2D eigenvalue weighted by Gasteiger charge is -2.31. The number of hydrogen-bond acceptors (Lipinski definition) is 4. The van der Waals surface area contributed by atoms with Crippen LogP contribution in [0.1, 0.15) is 46.5 Å². The van der Waals surface area contributed by atoms with Gasteiger partial charge < -0.3 is 15.0 Å². The lowest BCUT2D eigenvalue weighted by atomic mass is 10.0. The predicted molar refractivity (Wildman–Crippen MR) is 73.7 cm³/mol. The first-order chi connectivity index (χ1) is 8.79. The Morgan fingerprint density at radius 2 is 1.79 bits per heavy atom. The van der Waals surface area contributed by atoms with Gasteiger partial charge in [0.1, 0.15) is 5.60 Å². The van der Waals surface area contributed by atoms with Crippen molar-refractivity contribution in [3.8, 4) is 0 Å². The van der Waals surface area contributed by atoms with Crippen molar-refractivity contribution in [2.45, 2.75) is 58.1 Å². The minimum atomic E-state index is -0.485. The molecular formula is C14H26N2O3. The standard InChI is InChI=1S/C14H26N2O3/c1-14(2,3)19-13(18)6-5-12(17)16(4)11-7-9-15-10-8-11/h11,15H,5-10H2,1-4H3. The third kappa shape index (κ3) is 6.05. The number of nitrogens with zero attached hydrogens (tertiary/aromatic N) is 1. The molecule has 0 aliphatic carbocycles. The maximum absolute atomic E-state index is 12.0. The van der Waals surface area contributed by atoms with E-state index in [0.717, 1.165) is 25.9 Å². The zero-order chi connectivity index (χ0) is 14.5. The van der Waals surface area contributed by atoms with Crippen LogP contribution in [-0.2, 0) is 14.3 Å². The second kappa shape index (κ2) is 6.89. The minimum absolute atomic E-state index is 0.0257. The molecule has 0 aromatic rings. The van der Waals surface area contributed by atoms with Crippen molar-refractivity contribution in [1.82, 2.24) is 10.2 Å². The monoisotopic (exact) mass is 270 g/mol. The molecule has 1 heterocycles. The number of esters is 1. The van der Waals surface area contributed by atoms with E-state index >= 15 is 0 Å². The first-order valence-electron chi connectivity index (χ1n) is 6.98. The Morgan fingerprint density at radius 1 is 1.21 bits per heavy atom. The van der Waals surface area contributed by atoms with Gasteiger partial charge in [-0.2, -0.15) is 0 Å². The molecule has 1 aliphatic heterocycles. The lowest BCUT2D eigenvalue weighted by molar-refractivity contribution is -0.156. The molecule has 0 saturated carbocycles. The van der Waals surface area contributed by atoms with Gasteiger partial charge in [-0.1, -0.05) is 0 Å². The van der Waals surface area contributed by atoms with Gasteiger partial charge >= 0.3 is 5.97 Å². The molecule has 1 amide bonds. The van der Waals surface area contributed by atoms with Crippen molar-refractivity contribution < 1.29 is 14.3 Å². The molecule has 110 valence electrons. The Bertz CT molecular complexity index is 317. The van der Waals surface area contributed by atoms with E-state index in [9.17, 15) is 9.59 Å². The van der Waals surface area contributed by atoms with E-state index in [1.165, 1.54) is 0 Å². The van der Waals surface area contributed by atoms with Crippen molar-refractivity contribution in [3.05, 3.63) is 0 Å². The molecule has 19 heavy (non-hydrogen) atoms. The number of carbonyl (C=O) groups excluding carboxylic acids is 2. The van der Waals surface area contributed by atoms with Crippen LogP contribution >= 0.6 is 0 Å². The smallest absolute Gasteiger partial charge is 0.306 e. The van der Waals surface area contributed by atoms with Crippen molar-refractivity contribution in [2.75, 3.05) is 20.1 Å². The Hall–Kier alpha value is -1.10. The fourth-order valence-corrected chi connectivity index (χ4v) is 2.18. The van der Waals surface area contributed by atoms with Crippen LogP contribution in [0.3, 0.4) is 0 Å². The van der Waals surface area contributed by atoms with E-state index in [4.69, 9.17) is 4.74 Å². The molecule has 1 saturated heterocycles. The highest BCUT2D eigenvalue weighted by Crippen LogP contribution is 2.13. The van der Waals surface area contributed by atoms with Crippen molar-refractivity contribution in [3.63, 3.8) is 0 Å². The van der Waals surface area contributed by atoms with Gasteiger partial charge in [-0.15, -0.1) is 0 Å². The van der Waals surface area contributed by atoms with E-state index in [1.54, 1.807) is 4.90 Å². The molecule has 0 spiro atoms. The fraction of sp³-hybridized carbons (Fsp3) is 0.857. The van der Waals surface area contributed by atoms with Crippen LogP contribution < -0.4 is 5.32 Å².